The van der Waals surface area contributed by atoms with Crippen LogP contribution in [0, 0.1) is 17.2 Å². The van der Waals surface area contributed by atoms with Crippen molar-refractivity contribution in [3.63, 3.8) is 0 Å². The van der Waals surface area contributed by atoms with Gasteiger partial charge in [-0.25, -0.2) is 5.43 Å². The van der Waals surface area contributed by atoms with Crippen molar-refractivity contribution in [2.75, 3.05) is 0 Å². The number of nitriles is 1. The molecule has 2 heterocycles. The summed E-state index contributed by atoms with van der Waals surface area (Å²) in [6, 6.07) is 9.32. The number of carbonyl (C=O) groups is 2. The summed E-state index contributed by atoms with van der Waals surface area (Å²) in [6.07, 6.45) is -4.08. The highest BCUT2D eigenvalue weighted by atomic mass is 32.1. The van der Waals surface area contributed by atoms with E-state index in [1.165, 1.54) is 24.3 Å². The van der Waals surface area contributed by atoms with E-state index in [0.717, 1.165) is 34.8 Å². The molecule has 2 aromatic heterocycles. The van der Waals surface area contributed by atoms with Crippen molar-refractivity contribution in [1.29, 1.82) is 5.26 Å². The molecule has 1 aromatic carbocycles. The van der Waals surface area contributed by atoms with Gasteiger partial charge in [-0.05, 0) is 43.2 Å². The molecule has 0 aliphatic carbocycles. The number of amides is 1. The molecule has 0 bridgehead atoms. The van der Waals surface area contributed by atoms with Crippen LogP contribution in [0.3, 0.4) is 0 Å². The lowest BCUT2D eigenvalue weighted by molar-refractivity contribution is -0.137. The second-order valence-corrected chi connectivity index (χ2v) is 9.12. The monoisotopic (exact) mass is 505 g/mol. The van der Waals surface area contributed by atoms with Crippen molar-refractivity contribution >= 4 is 40.1 Å². The number of nitrogens with zero attached hydrogens (tertiary/aromatic N) is 2. The minimum atomic E-state index is -4.45. The molecule has 3 rings (SSSR count). The number of carbonyl (C=O) groups excluding carboxylic acids is 2. The third-order valence-corrected chi connectivity index (χ3v) is 7.02. The SMILES string of the molecule is CCC(C#N)C(=O)c1ccc(C(=O)NN=C(C)c2csc(-c3ccc(C(F)(F)F)cc3)c2O)s1. The lowest BCUT2D eigenvalue weighted by atomic mass is 10.0. The lowest BCUT2D eigenvalue weighted by Gasteiger charge is -2.07. The summed E-state index contributed by atoms with van der Waals surface area (Å²) >= 11 is 2.08. The maximum Gasteiger partial charge on any atom is 0.416 e. The Kier molecular flexibility index (Phi) is 7.54. The number of nitrogens with one attached hydrogen (secondary N) is 1. The molecule has 0 spiro atoms. The zero-order chi connectivity index (χ0) is 25.0. The minimum absolute atomic E-state index is 0.161. The molecule has 1 unspecified atom stereocenters. The Labute approximate surface area is 201 Å². The van der Waals surface area contributed by atoms with Crippen LogP contribution in [0.2, 0.25) is 0 Å². The van der Waals surface area contributed by atoms with Gasteiger partial charge in [0.25, 0.3) is 5.91 Å². The van der Waals surface area contributed by atoms with E-state index >= 15 is 0 Å². The summed E-state index contributed by atoms with van der Waals surface area (Å²) in [6.45, 7) is 3.29. The van der Waals surface area contributed by atoms with E-state index < -0.39 is 23.6 Å². The van der Waals surface area contributed by atoms with Crippen molar-refractivity contribution in [3.8, 4) is 22.3 Å². The van der Waals surface area contributed by atoms with Crippen molar-refractivity contribution in [2.45, 2.75) is 26.4 Å². The largest absolute Gasteiger partial charge is 0.506 e. The zero-order valence-corrected chi connectivity index (χ0v) is 19.6. The fourth-order valence-electron chi connectivity index (χ4n) is 2.97. The van der Waals surface area contributed by atoms with Crippen molar-refractivity contribution in [2.24, 2.45) is 11.0 Å². The number of ketones is 1. The van der Waals surface area contributed by atoms with Crippen LogP contribution in [-0.2, 0) is 6.18 Å². The zero-order valence-electron chi connectivity index (χ0n) is 17.9. The van der Waals surface area contributed by atoms with Crippen molar-refractivity contribution in [1.82, 2.24) is 5.43 Å². The second-order valence-electron chi connectivity index (χ2n) is 7.16. The molecule has 176 valence electrons. The van der Waals surface area contributed by atoms with Crippen LogP contribution in [0.5, 0.6) is 5.75 Å². The minimum Gasteiger partial charge on any atom is -0.506 e. The second kappa shape index (κ2) is 10.2. The third-order valence-electron chi connectivity index (χ3n) is 4.91. The molecule has 0 fully saturated rings. The van der Waals surface area contributed by atoms with Gasteiger partial charge in [-0.2, -0.15) is 23.5 Å². The Morgan fingerprint density at radius 3 is 2.41 bits per heavy atom. The summed E-state index contributed by atoms with van der Waals surface area (Å²) in [5.74, 6) is -1.83. The number of thiophene rings is 2. The molecule has 3 aromatic rings. The topological polar surface area (TPSA) is 103 Å². The molecule has 1 atom stereocenters. The summed E-state index contributed by atoms with van der Waals surface area (Å²) in [4.78, 5) is 25.6. The molecular formula is C23H18F3N3O3S2. The Hall–Kier alpha value is -3.49. The summed E-state index contributed by atoms with van der Waals surface area (Å²) in [7, 11) is 0. The highest BCUT2D eigenvalue weighted by Gasteiger charge is 2.30. The van der Waals surface area contributed by atoms with Gasteiger partial charge >= 0.3 is 6.18 Å². The molecule has 34 heavy (non-hydrogen) atoms. The lowest BCUT2D eigenvalue weighted by Crippen LogP contribution is -2.18. The van der Waals surface area contributed by atoms with Gasteiger partial charge in [-0.3, -0.25) is 9.59 Å². The average Bonchev–Trinajstić information content (AvgIpc) is 3.45. The van der Waals surface area contributed by atoms with E-state index in [1.54, 1.807) is 19.2 Å². The fraction of sp³-hybridized carbons (Fsp3) is 0.217. The number of rotatable bonds is 7. The Morgan fingerprint density at radius 1 is 1.18 bits per heavy atom. The molecule has 0 saturated heterocycles. The third kappa shape index (κ3) is 5.35. The van der Waals surface area contributed by atoms with E-state index in [0.29, 0.717) is 27.3 Å². The number of halogens is 3. The number of hydrazone groups is 1. The van der Waals surface area contributed by atoms with Crippen LogP contribution in [0.25, 0.3) is 10.4 Å². The Bertz CT molecular complexity index is 1290. The van der Waals surface area contributed by atoms with Crippen LogP contribution in [0.1, 0.15) is 50.7 Å². The van der Waals surface area contributed by atoms with E-state index in [9.17, 15) is 27.9 Å². The highest BCUT2D eigenvalue weighted by molar-refractivity contribution is 7.16. The van der Waals surface area contributed by atoms with Gasteiger partial charge in [0.1, 0.15) is 11.7 Å². The van der Waals surface area contributed by atoms with Crippen molar-refractivity contribution < 1.29 is 27.9 Å². The number of Topliss-reactive ketones (excluding diaryl/α,β-unsaturated/α-hetero) is 1. The molecule has 11 heteroatoms. The molecule has 0 aliphatic rings. The van der Waals surface area contributed by atoms with E-state index in [4.69, 9.17) is 5.26 Å². The van der Waals surface area contributed by atoms with E-state index in [2.05, 4.69) is 10.5 Å². The van der Waals surface area contributed by atoms with Gasteiger partial charge in [-0.15, -0.1) is 22.7 Å². The molecule has 1 amide bonds. The molecule has 0 aliphatic heterocycles. The quantitative estimate of drug-likeness (QED) is 0.230. The summed E-state index contributed by atoms with van der Waals surface area (Å²) in [5, 5.41) is 25.2. The smallest absolute Gasteiger partial charge is 0.416 e. The number of hydrogen-bond donors (Lipinski definition) is 2. The predicted molar refractivity (Wildman–Crippen MR) is 124 cm³/mol. The van der Waals surface area contributed by atoms with E-state index in [1.807, 2.05) is 6.07 Å². The van der Waals surface area contributed by atoms with Gasteiger partial charge in [0, 0.05) is 5.38 Å². The number of aromatic hydroxyl groups is 1. The first-order chi connectivity index (χ1) is 16.1. The Morgan fingerprint density at radius 2 is 1.82 bits per heavy atom. The number of benzene rings is 1. The summed E-state index contributed by atoms with van der Waals surface area (Å²) < 4.78 is 38.3. The Balaban J connectivity index is 1.73. The molecule has 0 radical (unpaired) electrons. The predicted octanol–water partition coefficient (Wildman–Crippen LogP) is 6.09. The molecule has 2 N–H and O–H groups in total. The summed E-state index contributed by atoms with van der Waals surface area (Å²) in [5.41, 5.74) is 2.59. The number of hydrogen-bond acceptors (Lipinski definition) is 7. The first kappa shape index (κ1) is 25.1. The average molecular weight is 506 g/mol. The van der Waals surface area contributed by atoms with Gasteiger partial charge in [0.2, 0.25) is 0 Å². The normalized spacial score (nSPS) is 12.8. The standard InChI is InChI=1S/C23H18F3N3O3S2/c1-3-13(10-27)19(30)17-8-9-18(34-17)22(32)29-28-12(2)16-11-33-21(20(16)31)14-4-6-15(7-5-14)23(24,25)26/h4-9,11,13,31H,3H2,1-2H3,(H,29,32). The molecule has 0 saturated carbocycles. The molecule has 6 nitrogen and oxygen atoms in total. The fourth-order valence-corrected chi connectivity index (χ4v) is 4.88. The van der Waals surface area contributed by atoms with Gasteiger partial charge in [0.15, 0.2) is 5.78 Å². The maximum absolute atomic E-state index is 12.8. The number of alkyl halides is 3. The maximum atomic E-state index is 12.8. The van der Waals surface area contributed by atoms with Crippen LogP contribution in [0.4, 0.5) is 13.2 Å². The first-order valence-corrected chi connectivity index (χ1v) is 11.6. The van der Waals surface area contributed by atoms with Crippen LogP contribution in [0.15, 0.2) is 46.9 Å². The van der Waals surface area contributed by atoms with Gasteiger partial charge in [0.05, 0.1) is 37.5 Å². The van der Waals surface area contributed by atoms with Crippen molar-refractivity contribution in [3.05, 3.63) is 62.7 Å². The van der Waals surface area contributed by atoms with E-state index in [-0.39, 0.29) is 22.1 Å². The van der Waals surface area contributed by atoms with Gasteiger partial charge in [-0.1, -0.05) is 19.1 Å². The first-order valence-electron chi connectivity index (χ1n) is 9.93. The van der Waals surface area contributed by atoms with Crippen LogP contribution >= 0.6 is 22.7 Å². The van der Waals surface area contributed by atoms with Crippen LogP contribution in [-0.4, -0.2) is 22.5 Å². The van der Waals surface area contributed by atoms with Gasteiger partial charge < -0.3 is 5.11 Å². The molecular weight excluding hydrogens is 487 g/mol. The van der Waals surface area contributed by atoms with Crippen LogP contribution < -0.4 is 5.43 Å². The highest BCUT2D eigenvalue weighted by Crippen LogP contribution is 2.40.